The van der Waals surface area contributed by atoms with E-state index in [-0.39, 0.29) is 11.0 Å². The van der Waals surface area contributed by atoms with E-state index in [1.807, 2.05) is 37.3 Å². The molecule has 1 heterocycles. The molecule has 23 heavy (non-hydrogen) atoms. The smallest absolute Gasteiger partial charge is 0.245 e. The largest absolute Gasteiger partial charge is 0.374 e. The Morgan fingerprint density at radius 2 is 1.96 bits per heavy atom. The molecule has 0 saturated heterocycles. The molecule has 0 spiro atoms. The predicted octanol–water partition coefficient (Wildman–Crippen LogP) is 2.74. The van der Waals surface area contributed by atoms with Crippen LogP contribution >= 0.6 is 0 Å². The van der Waals surface area contributed by atoms with Gasteiger partial charge in [-0.15, -0.1) is 0 Å². The Morgan fingerprint density at radius 1 is 1.26 bits per heavy atom. The van der Waals surface area contributed by atoms with Crippen molar-refractivity contribution in [3.05, 3.63) is 47.3 Å². The SMILES string of the molecule is Cc1noc(C)c1S(=O)(=O)NCCCOC(C)c1ccccc1. The Morgan fingerprint density at radius 3 is 2.57 bits per heavy atom. The normalized spacial score (nSPS) is 13.2. The van der Waals surface area contributed by atoms with Crippen LogP contribution in [0.2, 0.25) is 0 Å². The number of ether oxygens (including phenoxy) is 1. The van der Waals surface area contributed by atoms with Crippen LogP contribution in [-0.4, -0.2) is 26.7 Å². The molecular formula is C16H22N2O4S. The highest BCUT2D eigenvalue weighted by Gasteiger charge is 2.23. The van der Waals surface area contributed by atoms with Crippen molar-refractivity contribution in [1.82, 2.24) is 9.88 Å². The van der Waals surface area contributed by atoms with Gasteiger partial charge < -0.3 is 9.26 Å². The Hall–Kier alpha value is -1.70. The molecule has 7 heteroatoms. The van der Waals surface area contributed by atoms with E-state index in [4.69, 9.17) is 9.26 Å². The zero-order chi connectivity index (χ0) is 16.9. The first-order valence-electron chi connectivity index (χ1n) is 7.51. The maximum atomic E-state index is 12.2. The van der Waals surface area contributed by atoms with Crippen molar-refractivity contribution in [1.29, 1.82) is 0 Å². The number of aryl methyl sites for hydroxylation is 2. The lowest BCUT2D eigenvalue weighted by Crippen LogP contribution is -2.26. The minimum absolute atomic E-state index is 0.0182. The quantitative estimate of drug-likeness (QED) is 0.749. The van der Waals surface area contributed by atoms with Crippen molar-refractivity contribution in [2.45, 2.75) is 38.2 Å². The van der Waals surface area contributed by atoms with Crippen LogP contribution in [0.5, 0.6) is 0 Å². The number of hydrogen-bond acceptors (Lipinski definition) is 5. The van der Waals surface area contributed by atoms with Gasteiger partial charge in [0.15, 0.2) is 5.76 Å². The summed E-state index contributed by atoms with van der Waals surface area (Å²) in [5.41, 5.74) is 1.47. The number of sulfonamides is 1. The summed E-state index contributed by atoms with van der Waals surface area (Å²) in [6, 6.07) is 9.90. The molecule has 0 fully saturated rings. The van der Waals surface area contributed by atoms with E-state index < -0.39 is 10.0 Å². The number of nitrogens with one attached hydrogen (secondary N) is 1. The van der Waals surface area contributed by atoms with E-state index >= 15 is 0 Å². The summed E-state index contributed by atoms with van der Waals surface area (Å²) in [4.78, 5) is 0.121. The maximum absolute atomic E-state index is 12.2. The Kier molecular flexibility index (Phi) is 5.92. The molecule has 126 valence electrons. The van der Waals surface area contributed by atoms with Crippen molar-refractivity contribution in [3.8, 4) is 0 Å². The molecule has 0 amide bonds. The van der Waals surface area contributed by atoms with Crippen LogP contribution in [0.3, 0.4) is 0 Å². The average Bonchev–Trinajstić information content (AvgIpc) is 2.87. The monoisotopic (exact) mass is 338 g/mol. The second kappa shape index (κ2) is 7.72. The van der Waals surface area contributed by atoms with Gasteiger partial charge in [-0.2, -0.15) is 0 Å². The molecule has 2 aromatic rings. The first-order chi connectivity index (χ1) is 10.9. The van der Waals surface area contributed by atoms with Crippen molar-refractivity contribution in [3.63, 3.8) is 0 Å². The molecule has 1 aromatic heterocycles. The molecule has 0 aliphatic rings. The van der Waals surface area contributed by atoms with Crippen LogP contribution < -0.4 is 4.72 Å². The Labute approximate surface area is 136 Å². The summed E-state index contributed by atoms with van der Waals surface area (Å²) in [6.07, 6.45) is 0.565. The van der Waals surface area contributed by atoms with Crippen molar-refractivity contribution >= 4 is 10.0 Å². The van der Waals surface area contributed by atoms with E-state index in [1.54, 1.807) is 13.8 Å². The molecule has 0 bridgehead atoms. The van der Waals surface area contributed by atoms with Gasteiger partial charge in [-0.25, -0.2) is 13.1 Å². The molecule has 0 aliphatic carbocycles. The highest BCUT2D eigenvalue weighted by molar-refractivity contribution is 7.89. The zero-order valence-corrected chi connectivity index (χ0v) is 14.4. The summed E-state index contributed by atoms with van der Waals surface area (Å²) in [7, 11) is -3.59. The van der Waals surface area contributed by atoms with Gasteiger partial charge in [0.2, 0.25) is 10.0 Å². The summed E-state index contributed by atoms with van der Waals surface area (Å²) < 4.78 is 37.6. The van der Waals surface area contributed by atoms with E-state index in [0.717, 1.165) is 5.56 Å². The predicted molar refractivity (Wildman–Crippen MR) is 86.6 cm³/mol. The van der Waals surface area contributed by atoms with E-state index in [0.29, 0.717) is 31.0 Å². The maximum Gasteiger partial charge on any atom is 0.245 e. The van der Waals surface area contributed by atoms with Gasteiger partial charge in [0.25, 0.3) is 0 Å². The van der Waals surface area contributed by atoms with Gasteiger partial charge in [-0.1, -0.05) is 35.5 Å². The number of nitrogens with zero attached hydrogens (tertiary/aromatic N) is 1. The van der Waals surface area contributed by atoms with Gasteiger partial charge >= 0.3 is 0 Å². The third kappa shape index (κ3) is 4.63. The third-order valence-electron chi connectivity index (χ3n) is 3.49. The topological polar surface area (TPSA) is 81.4 Å². The van der Waals surface area contributed by atoms with Gasteiger partial charge in [0.05, 0.1) is 6.10 Å². The number of aromatic nitrogens is 1. The average molecular weight is 338 g/mol. The van der Waals surface area contributed by atoms with E-state index in [9.17, 15) is 8.42 Å². The van der Waals surface area contributed by atoms with E-state index in [2.05, 4.69) is 9.88 Å². The second-order valence-corrected chi connectivity index (χ2v) is 7.03. The molecule has 0 radical (unpaired) electrons. The lowest BCUT2D eigenvalue weighted by molar-refractivity contribution is 0.0647. The van der Waals surface area contributed by atoms with Gasteiger partial charge in [0.1, 0.15) is 10.6 Å². The lowest BCUT2D eigenvalue weighted by atomic mass is 10.1. The third-order valence-corrected chi connectivity index (χ3v) is 5.19. The second-order valence-electron chi connectivity index (χ2n) is 5.33. The lowest BCUT2D eigenvalue weighted by Gasteiger charge is -2.13. The molecule has 1 N–H and O–H groups in total. The minimum atomic E-state index is -3.59. The summed E-state index contributed by atoms with van der Waals surface area (Å²) in [5.74, 6) is 0.295. The fourth-order valence-electron chi connectivity index (χ4n) is 2.29. The molecular weight excluding hydrogens is 316 g/mol. The van der Waals surface area contributed by atoms with Gasteiger partial charge in [0, 0.05) is 13.2 Å². The van der Waals surface area contributed by atoms with Crippen LogP contribution in [-0.2, 0) is 14.8 Å². The van der Waals surface area contributed by atoms with Crippen LogP contribution in [0.25, 0.3) is 0 Å². The molecule has 1 atom stereocenters. The van der Waals surface area contributed by atoms with Crippen LogP contribution in [0, 0.1) is 13.8 Å². The molecule has 6 nitrogen and oxygen atoms in total. The molecule has 0 saturated carbocycles. The number of rotatable bonds is 8. The molecule has 1 aromatic carbocycles. The highest BCUT2D eigenvalue weighted by atomic mass is 32.2. The molecule has 2 rings (SSSR count). The summed E-state index contributed by atoms with van der Waals surface area (Å²) in [5, 5.41) is 3.66. The van der Waals surface area contributed by atoms with Crippen molar-refractivity contribution in [2.24, 2.45) is 0 Å². The van der Waals surface area contributed by atoms with E-state index in [1.165, 1.54) is 0 Å². The Balaban J connectivity index is 1.77. The fraction of sp³-hybridized carbons (Fsp3) is 0.438. The molecule has 0 aliphatic heterocycles. The highest BCUT2D eigenvalue weighted by Crippen LogP contribution is 2.18. The zero-order valence-electron chi connectivity index (χ0n) is 13.6. The summed E-state index contributed by atoms with van der Waals surface area (Å²) in [6.45, 7) is 5.94. The summed E-state index contributed by atoms with van der Waals surface area (Å²) >= 11 is 0. The first-order valence-corrected chi connectivity index (χ1v) is 8.99. The van der Waals surface area contributed by atoms with Crippen LogP contribution in [0.4, 0.5) is 0 Å². The van der Waals surface area contributed by atoms with Gasteiger partial charge in [-0.3, -0.25) is 0 Å². The standard InChI is InChI=1S/C16H22N2O4S/c1-12-16(14(3)22-18-12)23(19,20)17-10-7-11-21-13(2)15-8-5-4-6-9-15/h4-6,8-9,13,17H,7,10-11H2,1-3H3. The van der Waals surface area contributed by atoms with Crippen LogP contribution in [0.1, 0.15) is 36.5 Å². The fourth-order valence-corrected chi connectivity index (χ4v) is 3.69. The van der Waals surface area contributed by atoms with Crippen molar-refractivity contribution in [2.75, 3.05) is 13.2 Å². The number of hydrogen-bond donors (Lipinski definition) is 1. The molecule has 1 unspecified atom stereocenters. The minimum Gasteiger partial charge on any atom is -0.374 e. The van der Waals surface area contributed by atoms with Crippen molar-refractivity contribution < 1.29 is 17.7 Å². The van der Waals surface area contributed by atoms with Crippen LogP contribution in [0.15, 0.2) is 39.8 Å². The van der Waals surface area contributed by atoms with Gasteiger partial charge in [-0.05, 0) is 32.8 Å². The Bertz CT molecular complexity index is 706. The number of benzene rings is 1. The first kappa shape index (κ1) is 17.7.